The lowest BCUT2D eigenvalue weighted by atomic mass is 10.2. The van der Waals surface area contributed by atoms with E-state index in [4.69, 9.17) is 20.4 Å². The minimum absolute atomic E-state index is 0.116. The third-order valence-corrected chi connectivity index (χ3v) is 3.72. The zero-order chi connectivity index (χ0) is 15.4. The fraction of sp³-hybridized carbons (Fsp3) is 0.0833. The van der Waals surface area contributed by atoms with Gasteiger partial charge in [0.1, 0.15) is 11.5 Å². The first kappa shape index (κ1) is 15.5. The van der Waals surface area contributed by atoms with Gasteiger partial charge in [0.25, 0.3) is 0 Å². The number of hydrogen-bond donors (Lipinski definition) is 2. The Balaban J connectivity index is 2.42. The molecule has 0 amide bonds. The maximum atomic E-state index is 8.77. The van der Waals surface area contributed by atoms with Gasteiger partial charge in [-0.15, -0.1) is 5.10 Å². The summed E-state index contributed by atoms with van der Waals surface area (Å²) >= 11 is 6.74. The molecule has 0 saturated heterocycles. The van der Waals surface area contributed by atoms with Crippen LogP contribution in [0.5, 0.6) is 17.4 Å². The summed E-state index contributed by atoms with van der Waals surface area (Å²) in [6.45, 7) is 0. The van der Waals surface area contributed by atoms with Crippen LogP contribution in [-0.2, 0) is 0 Å². The molecule has 0 radical (unpaired) electrons. The van der Waals surface area contributed by atoms with Gasteiger partial charge in [-0.1, -0.05) is 5.16 Å². The molecule has 21 heavy (non-hydrogen) atoms. The van der Waals surface area contributed by atoms with Crippen molar-refractivity contribution in [3.8, 4) is 17.4 Å². The molecule has 1 aromatic carbocycles. The number of hydrogen-bond acceptors (Lipinski definition) is 6. The van der Waals surface area contributed by atoms with Gasteiger partial charge in [0.05, 0.1) is 27.8 Å². The molecule has 0 aliphatic rings. The molecule has 7 nitrogen and oxygen atoms in total. The van der Waals surface area contributed by atoms with Crippen molar-refractivity contribution in [2.24, 2.45) is 10.9 Å². The summed E-state index contributed by atoms with van der Waals surface area (Å²) < 4.78 is 12.2. The van der Waals surface area contributed by atoms with Crippen molar-refractivity contribution in [3.05, 3.63) is 38.9 Å². The van der Waals surface area contributed by atoms with E-state index in [2.05, 4.69) is 47.2 Å². The molecule has 3 N–H and O–H groups in total. The summed E-state index contributed by atoms with van der Waals surface area (Å²) in [4.78, 5) is 0. The number of benzene rings is 1. The summed E-state index contributed by atoms with van der Waals surface area (Å²) in [5, 5.41) is 19.3. The SMILES string of the molecule is COc1cc(Br)c(Oc2nnccc2/C(N)=N/O)cc1Br. The second-order valence-electron chi connectivity index (χ2n) is 3.75. The van der Waals surface area contributed by atoms with Gasteiger partial charge in [-0.25, -0.2) is 0 Å². The second kappa shape index (κ2) is 6.72. The monoisotopic (exact) mass is 416 g/mol. The van der Waals surface area contributed by atoms with E-state index in [-0.39, 0.29) is 11.7 Å². The number of rotatable bonds is 4. The van der Waals surface area contributed by atoms with Crippen molar-refractivity contribution in [1.29, 1.82) is 0 Å². The Labute approximate surface area is 137 Å². The molecule has 110 valence electrons. The Morgan fingerprint density at radius 3 is 2.62 bits per heavy atom. The summed E-state index contributed by atoms with van der Waals surface area (Å²) in [7, 11) is 1.56. The van der Waals surface area contributed by atoms with Crippen LogP contribution in [0.1, 0.15) is 5.56 Å². The molecule has 0 aliphatic carbocycles. The molecule has 2 rings (SSSR count). The van der Waals surface area contributed by atoms with Crippen molar-refractivity contribution in [2.75, 3.05) is 7.11 Å². The van der Waals surface area contributed by atoms with Crippen LogP contribution in [0.4, 0.5) is 0 Å². The van der Waals surface area contributed by atoms with E-state index in [1.807, 2.05) is 0 Å². The van der Waals surface area contributed by atoms with Crippen LogP contribution in [0.3, 0.4) is 0 Å². The molecule has 0 unspecified atom stereocenters. The molecule has 0 spiro atoms. The number of nitrogens with zero attached hydrogens (tertiary/aromatic N) is 3. The molecule has 0 aliphatic heterocycles. The molecular formula is C12H10Br2N4O3. The van der Waals surface area contributed by atoms with Crippen molar-refractivity contribution >= 4 is 37.7 Å². The van der Waals surface area contributed by atoms with Gasteiger partial charge >= 0.3 is 0 Å². The Kier molecular flexibility index (Phi) is 4.97. The Hall–Kier alpha value is -1.87. The quantitative estimate of drug-likeness (QED) is 0.343. The van der Waals surface area contributed by atoms with Crippen LogP contribution in [0.15, 0.2) is 38.5 Å². The lowest BCUT2D eigenvalue weighted by Gasteiger charge is -2.11. The third kappa shape index (κ3) is 3.42. The summed E-state index contributed by atoms with van der Waals surface area (Å²) in [6, 6.07) is 4.97. The average molecular weight is 418 g/mol. The Bertz CT molecular complexity index is 694. The summed E-state index contributed by atoms with van der Waals surface area (Å²) in [5.41, 5.74) is 5.90. The average Bonchev–Trinajstić information content (AvgIpc) is 2.50. The van der Waals surface area contributed by atoms with Crippen LogP contribution < -0.4 is 15.2 Å². The van der Waals surface area contributed by atoms with Gasteiger partial charge in [-0.2, -0.15) is 5.10 Å². The molecular weight excluding hydrogens is 408 g/mol. The number of oxime groups is 1. The number of aromatic nitrogens is 2. The van der Waals surface area contributed by atoms with Gasteiger partial charge in [0.15, 0.2) is 5.84 Å². The van der Waals surface area contributed by atoms with Crippen LogP contribution >= 0.6 is 31.9 Å². The number of halogens is 2. The number of nitrogens with two attached hydrogens (primary N) is 1. The van der Waals surface area contributed by atoms with Crippen molar-refractivity contribution in [2.45, 2.75) is 0 Å². The van der Waals surface area contributed by atoms with Crippen LogP contribution in [0, 0.1) is 0 Å². The first-order chi connectivity index (χ1) is 10.1. The lowest BCUT2D eigenvalue weighted by Crippen LogP contribution is -2.15. The molecule has 9 heteroatoms. The van der Waals surface area contributed by atoms with E-state index in [1.165, 1.54) is 12.3 Å². The maximum absolute atomic E-state index is 8.77. The van der Waals surface area contributed by atoms with Gasteiger partial charge in [-0.05, 0) is 50.1 Å². The van der Waals surface area contributed by atoms with Gasteiger partial charge in [0, 0.05) is 0 Å². The van der Waals surface area contributed by atoms with Crippen LogP contribution in [-0.4, -0.2) is 28.4 Å². The highest BCUT2D eigenvalue weighted by molar-refractivity contribution is 9.11. The second-order valence-corrected chi connectivity index (χ2v) is 5.46. The van der Waals surface area contributed by atoms with Crippen LogP contribution in [0.2, 0.25) is 0 Å². The molecule has 1 heterocycles. The number of methoxy groups -OCH3 is 1. The van der Waals surface area contributed by atoms with Gasteiger partial charge in [0.2, 0.25) is 5.88 Å². The first-order valence-corrected chi connectivity index (χ1v) is 7.16. The zero-order valence-corrected chi connectivity index (χ0v) is 13.9. The highest BCUT2D eigenvalue weighted by Gasteiger charge is 2.14. The molecule has 2 aromatic rings. The summed E-state index contributed by atoms with van der Waals surface area (Å²) in [5.74, 6) is 1.11. The number of amidine groups is 1. The van der Waals surface area contributed by atoms with Crippen LogP contribution in [0.25, 0.3) is 0 Å². The first-order valence-electron chi connectivity index (χ1n) is 5.57. The lowest BCUT2D eigenvalue weighted by molar-refractivity contribution is 0.318. The molecule has 0 saturated carbocycles. The fourth-order valence-electron chi connectivity index (χ4n) is 1.49. The molecule has 1 aromatic heterocycles. The fourth-order valence-corrected chi connectivity index (χ4v) is 2.38. The zero-order valence-electron chi connectivity index (χ0n) is 10.7. The highest BCUT2D eigenvalue weighted by Crippen LogP contribution is 2.38. The summed E-state index contributed by atoms with van der Waals surface area (Å²) in [6.07, 6.45) is 1.42. The minimum Gasteiger partial charge on any atom is -0.496 e. The highest BCUT2D eigenvalue weighted by atomic mass is 79.9. The predicted molar refractivity (Wildman–Crippen MR) is 83.0 cm³/mol. The van der Waals surface area contributed by atoms with E-state index >= 15 is 0 Å². The standard InChI is InChI=1S/C12H10Br2N4O3/c1-20-9-4-8(14)10(5-7(9)13)21-12-6(11(15)18-19)2-3-16-17-12/h2-5,19H,1H3,(H2,15,18). The van der Waals surface area contributed by atoms with E-state index in [0.717, 1.165) is 0 Å². The van der Waals surface area contributed by atoms with Crippen molar-refractivity contribution < 1.29 is 14.7 Å². The van der Waals surface area contributed by atoms with Gasteiger partial charge in [-0.3, -0.25) is 0 Å². The third-order valence-electron chi connectivity index (χ3n) is 2.48. The normalized spacial score (nSPS) is 11.3. The van der Waals surface area contributed by atoms with Gasteiger partial charge < -0.3 is 20.4 Å². The van der Waals surface area contributed by atoms with E-state index < -0.39 is 0 Å². The Morgan fingerprint density at radius 1 is 1.29 bits per heavy atom. The van der Waals surface area contributed by atoms with Crippen molar-refractivity contribution in [3.63, 3.8) is 0 Å². The predicted octanol–water partition coefficient (Wildman–Crippen LogP) is 2.90. The minimum atomic E-state index is -0.122. The van der Waals surface area contributed by atoms with Crippen molar-refractivity contribution in [1.82, 2.24) is 10.2 Å². The smallest absolute Gasteiger partial charge is 0.250 e. The maximum Gasteiger partial charge on any atom is 0.250 e. The molecule has 0 bridgehead atoms. The topological polar surface area (TPSA) is 103 Å². The van der Waals surface area contributed by atoms with E-state index in [0.29, 0.717) is 26.0 Å². The largest absolute Gasteiger partial charge is 0.496 e. The Morgan fingerprint density at radius 2 is 1.95 bits per heavy atom. The number of ether oxygens (including phenoxy) is 2. The van der Waals surface area contributed by atoms with E-state index in [9.17, 15) is 0 Å². The molecule has 0 atom stereocenters. The van der Waals surface area contributed by atoms with E-state index in [1.54, 1.807) is 19.2 Å². The molecule has 0 fully saturated rings.